The first-order valence-electron chi connectivity index (χ1n) is 6.17. The molecule has 1 saturated heterocycles. The van der Waals surface area contributed by atoms with Crippen LogP contribution < -0.4 is 4.74 Å². The molecule has 0 amide bonds. The Kier molecular flexibility index (Phi) is 3.79. The largest absolute Gasteiger partial charge is 0.508 e. The van der Waals surface area contributed by atoms with E-state index in [2.05, 4.69) is 6.58 Å². The Labute approximate surface area is 113 Å². The first-order chi connectivity index (χ1) is 8.98. The van der Waals surface area contributed by atoms with Crippen LogP contribution in [0.1, 0.15) is 19.4 Å². The van der Waals surface area contributed by atoms with Gasteiger partial charge in [-0.15, -0.1) is 0 Å². The van der Waals surface area contributed by atoms with Crippen molar-refractivity contribution in [2.75, 3.05) is 19.8 Å². The number of hydrogen-bond acceptors (Lipinski definition) is 4. The van der Waals surface area contributed by atoms with Gasteiger partial charge in [-0.05, 0) is 31.5 Å². The minimum atomic E-state index is -0.608. The maximum absolute atomic E-state index is 10.8. The molecule has 0 atom stereocenters. The average Bonchev–Trinajstić information content (AvgIpc) is 2.41. The molecule has 0 bridgehead atoms. The minimum absolute atomic E-state index is 0.305. The summed E-state index contributed by atoms with van der Waals surface area (Å²) >= 11 is 0. The Morgan fingerprint density at radius 3 is 2.42 bits per heavy atom. The van der Waals surface area contributed by atoms with E-state index in [1.54, 1.807) is 0 Å². The van der Waals surface area contributed by atoms with Crippen molar-refractivity contribution in [3.05, 3.63) is 36.4 Å². The molecule has 1 aliphatic rings. The Hall–Kier alpha value is -1.97. The maximum Gasteiger partial charge on any atom is 0.508 e. The van der Waals surface area contributed by atoms with E-state index in [1.807, 2.05) is 38.1 Å². The predicted molar refractivity (Wildman–Crippen MR) is 72.1 cm³/mol. The van der Waals surface area contributed by atoms with E-state index in [4.69, 9.17) is 14.2 Å². The van der Waals surface area contributed by atoms with Crippen molar-refractivity contribution < 1.29 is 19.0 Å². The molecule has 4 heteroatoms. The normalized spacial score (nSPS) is 17.3. The van der Waals surface area contributed by atoms with Gasteiger partial charge in [0.05, 0.1) is 5.41 Å². The molecule has 102 valence electrons. The number of hydrogen-bond donors (Lipinski definition) is 0. The third-order valence-electron chi connectivity index (χ3n) is 3.01. The summed E-state index contributed by atoms with van der Waals surface area (Å²) in [5.74, 6) is 0.781. The van der Waals surface area contributed by atoms with Crippen molar-refractivity contribution >= 4 is 11.7 Å². The molecule has 1 heterocycles. The first-order valence-corrected chi connectivity index (χ1v) is 6.17. The average molecular weight is 262 g/mol. The van der Waals surface area contributed by atoms with Crippen molar-refractivity contribution in [2.24, 2.45) is 5.41 Å². The molecule has 19 heavy (non-hydrogen) atoms. The molecule has 1 aliphatic heterocycles. The standard InChI is InChI=1S/C15H18O4/c1-11(2)12-4-6-13(7-5-12)17-8-15(3)9-18-14(16)19-10-15/h4-7H,1,8-10H2,2-3H3. The van der Waals surface area contributed by atoms with Crippen LogP contribution in [0.15, 0.2) is 30.8 Å². The second-order valence-corrected chi connectivity index (χ2v) is 5.23. The van der Waals surface area contributed by atoms with Crippen molar-refractivity contribution in [1.29, 1.82) is 0 Å². The minimum Gasteiger partial charge on any atom is -0.493 e. The van der Waals surface area contributed by atoms with Gasteiger partial charge in [0, 0.05) is 0 Å². The van der Waals surface area contributed by atoms with Crippen LogP contribution in [0.5, 0.6) is 5.75 Å². The number of benzene rings is 1. The zero-order valence-corrected chi connectivity index (χ0v) is 11.3. The monoisotopic (exact) mass is 262 g/mol. The highest BCUT2D eigenvalue weighted by atomic mass is 16.7. The molecule has 2 rings (SSSR count). The number of rotatable bonds is 4. The van der Waals surface area contributed by atoms with Crippen LogP contribution in [0, 0.1) is 5.41 Å². The number of allylic oxidation sites excluding steroid dienone is 1. The van der Waals surface area contributed by atoms with Gasteiger partial charge in [-0.2, -0.15) is 0 Å². The Morgan fingerprint density at radius 2 is 1.89 bits per heavy atom. The molecule has 0 spiro atoms. The molecule has 0 aliphatic carbocycles. The van der Waals surface area contributed by atoms with Gasteiger partial charge in [0.25, 0.3) is 0 Å². The van der Waals surface area contributed by atoms with E-state index in [-0.39, 0.29) is 5.41 Å². The topological polar surface area (TPSA) is 44.8 Å². The summed E-state index contributed by atoms with van der Waals surface area (Å²) in [6.07, 6.45) is -0.608. The van der Waals surface area contributed by atoms with Gasteiger partial charge in [0.15, 0.2) is 0 Å². The van der Waals surface area contributed by atoms with Crippen LogP contribution in [0.4, 0.5) is 4.79 Å². The highest BCUT2D eigenvalue weighted by Gasteiger charge is 2.34. The number of ether oxygens (including phenoxy) is 3. The Bertz CT molecular complexity index is 465. The van der Waals surface area contributed by atoms with Crippen LogP contribution in [-0.4, -0.2) is 26.0 Å². The molecule has 1 fully saturated rings. The van der Waals surface area contributed by atoms with Gasteiger partial charge in [-0.25, -0.2) is 4.79 Å². The highest BCUT2D eigenvalue weighted by Crippen LogP contribution is 2.24. The molecule has 0 saturated carbocycles. The molecule has 4 nitrogen and oxygen atoms in total. The first kappa shape index (κ1) is 13.5. The summed E-state index contributed by atoms with van der Waals surface area (Å²) in [6.45, 7) is 8.88. The number of carbonyl (C=O) groups excluding carboxylic acids is 1. The fourth-order valence-electron chi connectivity index (χ4n) is 1.73. The van der Waals surface area contributed by atoms with Crippen molar-refractivity contribution in [3.8, 4) is 5.75 Å². The molecular formula is C15H18O4. The van der Waals surface area contributed by atoms with Crippen LogP contribution >= 0.6 is 0 Å². The number of cyclic esters (lactones) is 2. The molecule has 0 N–H and O–H groups in total. The third kappa shape index (κ3) is 3.50. The van der Waals surface area contributed by atoms with E-state index in [9.17, 15) is 4.79 Å². The van der Waals surface area contributed by atoms with Crippen LogP contribution in [0.3, 0.4) is 0 Å². The summed E-state index contributed by atoms with van der Waals surface area (Å²) in [7, 11) is 0. The lowest BCUT2D eigenvalue weighted by atomic mass is 9.94. The fraction of sp³-hybridized carbons (Fsp3) is 0.400. The van der Waals surface area contributed by atoms with E-state index in [0.717, 1.165) is 16.9 Å². The van der Waals surface area contributed by atoms with Crippen molar-refractivity contribution in [1.82, 2.24) is 0 Å². The second kappa shape index (κ2) is 5.34. The van der Waals surface area contributed by atoms with Crippen LogP contribution in [0.25, 0.3) is 5.57 Å². The summed E-state index contributed by atoms with van der Waals surface area (Å²) in [4.78, 5) is 10.8. The summed E-state index contributed by atoms with van der Waals surface area (Å²) in [5.41, 5.74) is 1.81. The lowest BCUT2D eigenvalue weighted by molar-refractivity contribution is -0.0675. The summed E-state index contributed by atoms with van der Waals surface area (Å²) < 4.78 is 15.5. The smallest absolute Gasteiger partial charge is 0.493 e. The van der Waals surface area contributed by atoms with Crippen molar-refractivity contribution in [3.63, 3.8) is 0 Å². The van der Waals surface area contributed by atoms with E-state index >= 15 is 0 Å². The predicted octanol–water partition coefficient (Wildman–Crippen LogP) is 3.27. The van der Waals surface area contributed by atoms with E-state index in [0.29, 0.717) is 19.8 Å². The maximum atomic E-state index is 10.8. The molecule has 1 aromatic rings. The van der Waals surface area contributed by atoms with Gasteiger partial charge < -0.3 is 14.2 Å². The zero-order chi connectivity index (χ0) is 13.9. The van der Waals surface area contributed by atoms with Gasteiger partial charge in [-0.1, -0.05) is 24.3 Å². The van der Waals surface area contributed by atoms with Gasteiger partial charge in [0.2, 0.25) is 0 Å². The van der Waals surface area contributed by atoms with Crippen LogP contribution in [-0.2, 0) is 9.47 Å². The van der Waals surface area contributed by atoms with Crippen LogP contribution in [0.2, 0.25) is 0 Å². The van der Waals surface area contributed by atoms with Gasteiger partial charge >= 0.3 is 6.16 Å². The SMILES string of the molecule is C=C(C)c1ccc(OCC2(C)COC(=O)OC2)cc1. The zero-order valence-electron chi connectivity index (χ0n) is 11.3. The molecule has 0 radical (unpaired) electrons. The Balaban J connectivity index is 1.91. The fourth-order valence-corrected chi connectivity index (χ4v) is 1.73. The molecule has 0 aromatic heterocycles. The Morgan fingerprint density at radius 1 is 1.32 bits per heavy atom. The highest BCUT2D eigenvalue weighted by molar-refractivity contribution is 5.61. The third-order valence-corrected chi connectivity index (χ3v) is 3.01. The van der Waals surface area contributed by atoms with E-state index in [1.165, 1.54) is 0 Å². The lowest BCUT2D eigenvalue weighted by Gasteiger charge is -2.31. The summed E-state index contributed by atoms with van der Waals surface area (Å²) in [5, 5.41) is 0. The molecular weight excluding hydrogens is 244 g/mol. The number of carbonyl (C=O) groups is 1. The quantitative estimate of drug-likeness (QED) is 0.781. The van der Waals surface area contributed by atoms with E-state index < -0.39 is 6.16 Å². The van der Waals surface area contributed by atoms with Crippen molar-refractivity contribution in [2.45, 2.75) is 13.8 Å². The van der Waals surface area contributed by atoms with Gasteiger partial charge in [0.1, 0.15) is 25.6 Å². The van der Waals surface area contributed by atoms with Gasteiger partial charge in [-0.3, -0.25) is 0 Å². The molecule has 1 aromatic carbocycles. The second-order valence-electron chi connectivity index (χ2n) is 5.23. The molecule has 0 unspecified atom stereocenters. The lowest BCUT2D eigenvalue weighted by Crippen LogP contribution is -2.41. The summed E-state index contributed by atoms with van der Waals surface area (Å²) in [6, 6.07) is 7.75.